The standard InChI is InChI=1S/C37H55N2P2.C5H5.Fe/c1-36(2,3)41(35-29-16-25-15-26(18-29)19-30(35)17-25)24-31-20-28(27-9-5-4-6-10-27)21-34(31)37(40,32-11-7-13-38-22-32)33-12-8-14-39-23-33;1-2-4-5-3-1;/h4-6,9-10,20-21,25-26,29-30,32-33,35,38-39H,7-8,11-19,22-24,40H2,1-3H3;1-5H;. The van der Waals surface area contributed by atoms with Crippen LogP contribution < -0.4 is 10.6 Å². The maximum atomic E-state index is 4.08. The van der Waals surface area contributed by atoms with E-state index >= 15 is 0 Å². The van der Waals surface area contributed by atoms with Gasteiger partial charge in [-0.15, -0.1) is 0 Å². The van der Waals surface area contributed by atoms with Crippen molar-refractivity contribution in [2.24, 2.45) is 35.5 Å². The van der Waals surface area contributed by atoms with E-state index in [1.54, 1.807) is 38.3 Å². The van der Waals surface area contributed by atoms with Gasteiger partial charge in [-0.3, -0.25) is 0 Å². The van der Waals surface area contributed by atoms with Crippen molar-refractivity contribution in [3.05, 3.63) is 35.9 Å². The van der Waals surface area contributed by atoms with Crippen LogP contribution >= 0.6 is 17.2 Å². The topological polar surface area (TPSA) is 24.1 Å². The van der Waals surface area contributed by atoms with Crippen LogP contribution in [-0.4, -0.2) is 48.3 Å². The third kappa shape index (κ3) is 0.824. The monoisotopic (exact) mass is 710 g/mol. The first-order valence-electron chi connectivity index (χ1n) is 20.8. The number of rotatable bonds is 7. The predicted molar refractivity (Wildman–Crippen MR) is 196 cm³/mol. The molecule has 9 atom stereocenters. The van der Waals surface area contributed by atoms with Gasteiger partial charge in [-0.2, -0.15) is 0 Å². The molecular weight excluding hydrogens is 650 g/mol. The quantitative estimate of drug-likeness (QED) is 0.218. The number of hydrogen-bond donors (Lipinski definition) is 2. The van der Waals surface area contributed by atoms with Gasteiger partial charge in [0.2, 0.25) is 0 Å². The van der Waals surface area contributed by atoms with Crippen molar-refractivity contribution in [2.75, 3.05) is 32.3 Å². The summed E-state index contributed by atoms with van der Waals surface area (Å²) in [4.78, 5) is 9.16. The van der Waals surface area contributed by atoms with Gasteiger partial charge in [0.15, 0.2) is 0 Å². The molecule has 16 aliphatic rings. The third-order valence-electron chi connectivity index (χ3n) is 26.9. The molecule has 0 amide bonds. The Hall–Kier alpha value is 0.519. The normalized spacial score (nSPS) is 75.1. The molecule has 0 aromatic heterocycles. The van der Waals surface area contributed by atoms with E-state index in [9.17, 15) is 0 Å². The van der Waals surface area contributed by atoms with E-state index in [0.717, 1.165) is 54.1 Å². The van der Waals surface area contributed by atoms with Gasteiger partial charge < -0.3 is 0 Å². The first-order valence-corrected chi connectivity index (χ1v) is 29.0. The van der Waals surface area contributed by atoms with Crippen LogP contribution in [0.3, 0.4) is 0 Å². The number of piperidine rings is 2. The van der Waals surface area contributed by atoms with Crippen LogP contribution in [0.1, 0.15) is 84.1 Å². The summed E-state index contributed by atoms with van der Waals surface area (Å²) in [5.74, 6) is 6.24. The molecule has 12 heterocycles. The molecular formula is C42H60FeN2P2. The third-order valence-corrected chi connectivity index (χ3v) is 76.9. The summed E-state index contributed by atoms with van der Waals surface area (Å²) >= 11 is 0. The second-order valence-corrected chi connectivity index (χ2v) is 51.2. The predicted octanol–water partition coefficient (Wildman–Crippen LogP) is 9.94. The zero-order valence-electron chi connectivity index (χ0n) is 29.2. The van der Waals surface area contributed by atoms with E-state index in [1.165, 1.54) is 85.6 Å². The van der Waals surface area contributed by atoms with Crippen molar-refractivity contribution in [3.63, 3.8) is 0 Å². The van der Waals surface area contributed by atoms with Gasteiger partial charge in [0, 0.05) is 0 Å². The number of hydrogen-bond acceptors (Lipinski definition) is 2. The van der Waals surface area contributed by atoms with E-state index < -0.39 is 6.51 Å². The van der Waals surface area contributed by atoms with E-state index in [1.807, 2.05) is 5.56 Å². The van der Waals surface area contributed by atoms with Gasteiger partial charge in [-0.1, -0.05) is 0 Å². The molecule has 17 rings (SSSR count). The molecule has 4 aliphatic carbocycles. The zero-order chi connectivity index (χ0) is 30.9. The maximum absolute atomic E-state index is 4.17. The summed E-state index contributed by atoms with van der Waals surface area (Å²) in [6, 6.07) is 12.8. The van der Waals surface area contributed by atoms with E-state index in [-0.39, 0.29) is 7.92 Å². The van der Waals surface area contributed by atoms with E-state index in [4.69, 9.17) is 0 Å². The molecule has 0 radical (unpaired) electrons. The summed E-state index contributed by atoms with van der Waals surface area (Å²) in [5.41, 5.74) is 3.07. The Morgan fingerprint density at radius 3 is 1.81 bits per heavy atom. The minimum atomic E-state index is -4.17. The van der Waals surface area contributed by atoms with Crippen molar-refractivity contribution in [1.29, 1.82) is 0 Å². The Kier molecular flexibility index (Phi) is 2.58. The Balaban J connectivity index is 0.971. The molecule has 1 aromatic rings. The zero-order valence-corrected chi connectivity index (χ0v) is 32.4. The van der Waals surface area contributed by atoms with Crippen molar-refractivity contribution < 1.29 is 6.51 Å². The number of nitrogens with one attached hydrogen (secondary N) is 2. The molecule has 5 heteroatoms. The number of benzene rings is 1. The fourth-order valence-corrected chi connectivity index (χ4v) is 120. The van der Waals surface area contributed by atoms with Gasteiger partial charge in [-0.05, 0) is 0 Å². The molecule has 2 N–H and O–H groups in total. The van der Waals surface area contributed by atoms with Crippen molar-refractivity contribution in [3.8, 4) is 0 Å². The second-order valence-electron chi connectivity index (χ2n) is 24.1. The molecule has 12 aliphatic heterocycles. The Morgan fingerprint density at radius 2 is 1.34 bits per heavy atom. The van der Waals surface area contributed by atoms with Crippen LogP contribution in [0.15, 0.2) is 30.3 Å². The summed E-state index contributed by atoms with van der Waals surface area (Å²) in [7, 11) is 4.10. The van der Waals surface area contributed by atoms with Gasteiger partial charge in [0.1, 0.15) is 0 Å². The molecule has 1 spiro atoms. The van der Waals surface area contributed by atoms with Gasteiger partial charge in [-0.25, -0.2) is 0 Å². The molecule has 4 bridgehead atoms. The fourth-order valence-electron chi connectivity index (χ4n) is 29.5. The molecule has 256 valence electrons. The Labute approximate surface area is 277 Å². The SMILES string of the molecule is CC(C)(C)P(C[C]12[CH]3[C]4(c5ccccc5)[CH]5[C]1(C(P)(C1CCCNC1)C1CCCNC1)[Fe]35421678[CH]2[CH]1[CH]6[CH]7[CH]28)C1C2CC3CC(C2)CC1C3. The van der Waals surface area contributed by atoms with Gasteiger partial charge in [0.25, 0.3) is 0 Å². The van der Waals surface area contributed by atoms with Crippen molar-refractivity contribution in [2.45, 2.75) is 141 Å². The van der Waals surface area contributed by atoms with Gasteiger partial charge >= 0.3 is 279 Å². The Bertz CT molecular complexity index is 2050. The molecule has 2 nitrogen and oxygen atoms in total. The molecule has 12 saturated heterocycles. The van der Waals surface area contributed by atoms with Crippen LogP contribution in [0.2, 0.25) is 42.3 Å². The molecule has 9 unspecified atom stereocenters. The summed E-state index contributed by atoms with van der Waals surface area (Å²) in [5, 5.41) is 9.17. The summed E-state index contributed by atoms with van der Waals surface area (Å²) < 4.78 is 2.47. The van der Waals surface area contributed by atoms with Crippen LogP contribution in [-0.2, 0) is 10.8 Å². The molecule has 4 saturated carbocycles. The van der Waals surface area contributed by atoms with Crippen LogP contribution in [0, 0.1) is 35.5 Å². The molecule has 16 fully saturated rings. The van der Waals surface area contributed by atoms with Crippen LogP contribution in [0.25, 0.3) is 0 Å². The average molecular weight is 711 g/mol. The first-order chi connectivity index (χ1) is 22.5. The van der Waals surface area contributed by atoms with Crippen molar-refractivity contribution in [1.82, 2.24) is 10.6 Å². The van der Waals surface area contributed by atoms with Crippen molar-refractivity contribution >= 4 is 17.2 Å². The fraction of sp³-hybridized carbons (Fsp3) is 0.857. The Morgan fingerprint density at radius 1 is 0.787 bits per heavy atom. The second kappa shape index (κ2) is 4.62. The van der Waals surface area contributed by atoms with E-state index in [0.29, 0.717) is 10.3 Å². The van der Waals surface area contributed by atoms with Crippen LogP contribution in [0.4, 0.5) is 0 Å². The van der Waals surface area contributed by atoms with Gasteiger partial charge in [0.05, 0.1) is 0 Å². The van der Waals surface area contributed by atoms with E-state index in [2.05, 4.69) is 71.0 Å². The number of fused-ring (bicyclic) bond motifs is 10. The average Bonchev–Trinajstić information content (AvgIpc) is 4.03. The molecule has 1 aromatic carbocycles. The molecule has 47 heavy (non-hydrogen) atoms. The minimum absolute atomic E-state index is 0.0317. The van der Waals surface area contributed by atoms with Crippen LogP contribution in [0.5, 0.6) is 0 Å². The summed E-state index contributed by atoms with van der Waals surface area (Å²) in [6.07, 6.45) is 15.8. The summed E-state index contributed by atoms with van der Waals surface area (Å²) in [6.45, 7) is 9.42. The first kappa shape index (κ1) is 26.3.